The van der Waals surface area contributed by atoms with Crippen molar-refractivity contribution in [1.82, 2.24) is 0 Å². The van der Waals surface area contributed by atoms with E-state index in [-0.39, 0.29) is 5.41 Å². The minimum Gasteiger partial charge on any atom is -0.402 e. The van der Waals surface area contributed by atoms with Crippen molar-refractivity contribution < 1.29 is 25.3 Å². The Kier molecular flexibility index (Phi) is 17.1. The molecule has 0 amide bonds. The highest BCUT2D eigenvalue weighted by molar-refractivity contribution is 6.30. The molecule has 0 spiro atoms. The van der Waals surface area contributed by atoms with E-state index in [4.69, 9.17) is 25.3 Å². The molecule has 6 heteroatoms. The maximum atomic E-state index is 9.10. The van der Waals surface area contributed by atoms with Crippen LogP contribution in [0.2, 0.25) is 0 Å². The van der Waals surface area contributed by atoms with Crippen LogP contribution in [-0.4, -0.2) is 43.8 Å². The average Bonchev–Trinajstić information content (AvgIpc) is 3.17. The molecular formula is C35H59BO5. The van der Waals surface area contributed by atoms with E-state index in [2.05, 4.69) is 62.4 Å². The molecule has 0 bridgehead atoms. The van der Waals surface area contributed by atoms with E-state index in [0.717, 1.165) is 0 Å². The first-order chi connectivity index (χ1) is 19.3. The molecule has 2 aromatic carbocycles. The number of aliphatic hydroxyl groups is 2. The van der Waals surface area contributed by atoms with Gasteiger partial charge in [-0.1, -0.05) is 139 Å². The fourth-order valence-corrected chi connectivity index (χ4v) is 5.49. The van der Waals surface area contributed by atoms with Crippen molar-refractivity contribution >= 4 is 7.32 Å². The van der Waals surface area contributed by atoms with Crippen LogP contribution in [-0.2, 0) is 5.41 Å². The van der Waals surface area contributed by atoms with Crippen LogP contribution in [0.4, 0.5) is 0 Å². The second-order valence-corrected chi connectivity index (χ2v) is 12.7. The molecule has 0 saturated carbocycles. The highest BCUT2D eigenvalue weighted by atomic mass is 16.5. The lowest BCUT2D eigenvalue weighted by Gasteiger charge is -2.33. The molecule has 41 heavy (non-hydrogen) atoms. The highest BCUT2D eigenvalue weighted by Crippen LogP contribution is 2.54. The zero-order chi connectivity index (χ0) is 30.9. The summed E-state index contributed by atoms with van der Waals surface area (Å²) in [6, 6.07) is 18.6. The van der Waals surface area contributed by atoms with Crippen molar-refractivity contribution in [3.05, 3.63) is 59.7 Å². The largest absolute Gasteiger partial charge is 0.631 e. The van der Waals surface area contributed by atoms with E-state index in [9.17, 15) is 0 Å². The minimum atomic E-state index is -2.17. The van der Waals surface area contributed by atoms with E-state index in [1.54, 1.807) is 38.8 Å². The summed E-state index contributed by atoms with van der Waals surface area (Å²) >= 11 is 0. The van der Waals surface area contributed by atoms with E-state index in [0.29, 0.717) is 0 Å². The lowest BCUT2D eigenvalue weighted by atomic mass is 9.70. The predicted octanol–water partition coefficient (Wildman–Crippen LogP) is 7.93. The average molecular weight is 571 g/mol. The molecule has 5 nitrogen and oxygen atoms in total. The van der Waals surface area contributed by atoms with Gasteiger partial charge in [0.25, 0.3) is 0 Å². The smallest absolute Gasteiger partial charge is 0.402 e. The number of rotatable bonds is 15. The third-order valence-electron chi connectivity index (χ3n) is 8.59. The maximum Gasteiger partial charge on any atom is 0.631 e. The van der Waals surface area contributed by atoms with Gasteiger partial charge in [0.1, 0.15) is 0 Å². The molecule has 5 N–H and O–H groups in total. The molecule has 0 radical (unpaired) electrons. The van der Waals surface area contributed by atoms with Crippen molar-refractivity contribution in [1.29, 1.82) is 0 Å². The summed E-state index contributed by atoms with van der Waals surface area (Å²) in [6.45, 7) is 10.9. The van der Waals surface area contributed by atoms with Gasteiger partial charge in [0.15, 0.2) is 0 Å². The Labute approximate surface area is 251 Å². The quantitative estimate of drug-likeness (QED) is 0.111. The summed E-state index contributed by atoms with van der Waals surface area (Å²) < 4.78 is 0. The zero-order valence-electron chi connectivity index (χ0n) is 26.8. The fourth-order valence-electron chi connectivity index (χ4n) is 5.49. The maximum absolute atomic E-state index is 9.10. The summed E-state index contributed by atoms with van der Waals surface area (Å²) in [4.78, 5) is 0. The van der Waals surface area contributed by atoms with Gasteiger partial charge in [0, 0.05) is 5.41 Å². The van der Waals surface area contributed by atoms with Crippen LogP contribution < -0.4 is 0 Å². The second-order valence-electron chi connectivity index (χ2n) is 12.7. The third kappa shape index (κ3) is 12.6. The Hall–Kier alpha value is -1.70. The first-order valence-electron chi connectivity index (χ1n) is 16.0. The summed E-state index contributed by atoms with van der Waals surface area (Å²) in [5.41, 5.74) is 4.47. The van der Waals surface area contributed by atoms with Gasteiger partial charge in [-0.3, -0.25) is 0 Å². The predicted molar refractivity (Wildman–Crippen MR) is 174 cm³/mol. The van der Waals surface area contributed by atoms with E-state index < -0.39 is 18.5 Å². The molecule has 0 saturated heterocycles. The van der Waals surface area contributed by atoms with Gasteiger partial charge in [0.2, 0.25) is 0 Å². The number of hydrogen-bond acceptors (Lipinski definition) is 5. The monoisotopic (exact) mass is 570 g/mol. The Morgan fingerprint density at radius 2 is 0.829 bits per heavy atom. The molecule has 0 fully saturated rings. The molecule has 1 aliphatic carbocycles. The van der Waals surface area contributed by atoms with Gasteiger partial charge in [0.05, 0.1) is 11.2 Å². The summed E-state index contributed by atoms with van der Waals surface area (Å²) in [7, 11) is -2.17. The molecule has 0 aliphatic heterocycles. The number of hydrogen-bond donors (Lipinski definition) is 5. The fraction of sp³-hybridized carbons (Fsp3) is 0.657. The Balaban J connectivity index is 0.000000590. The molecular weight excluding hydrogens is 511 g/mol. The summed E-state index contributed by atoms with van der Waals surface area (Å²) in [5, 5.41) is 39.7. The van der Waals surface area contributed by atoms with Crippen LogP contribution >= 0.6 is 0 Å². The van der Waals surface area contributed by atoms with Crippen molar-refractivity contribution in [2.45, 2.75) is 148 Å². The third-order valence-corrected chi connectivity index (χ3v) is 8.59. The van der Waals surface area contributed by atoms with Crippen LogP contribution in [0.5, 0.6) is 0 Å². The zero-order valence-corrected chi connectivity index (χ0v) is 26.8. The van der Waals surface area contributed by atoms with Crippen molar-refractivity contribution in [2.75, 3.05) is 0 Å². The Morgan fingerprint density at radius 1 is 0.537 bits per heavy atom. The highest BCUT2D eigenvalue weighted by Gasteiger charge is 2.41. The molecule has 1 aliphatic rings. The molecule has 232 valence electrons. The normalized spacial score (nSPS) is 13.3. The van der Waals surface area contributed by atoms with Crippen molar-refractivity contribution in [3.8, 4) is 11.1 Å². The summed E-state index contributed by atoms with van der Waals surface area (Å²) in [5.74, 6) is 0. The van der Waals surface area contributed by atoms with Crippen LogP contribution in [0.25, 0.3) is 11.1 Å². The SMILES string of the molecule is CC(C)(O)C(C)(C)O.CCCCCCCCC1(CCCCCCCC)c2ccccc2-c2ccccc21.OB(O)O. The summed E-state index contributed by atoms with van der Waals surface area (Å²) in [6.07, 6.45) is 19.3. The van der Waals surface area contributed by atoms with Gasteiger partial charge in [-0.15, -0.1) is 0 Å². The van der Waals surface area contributed by atoms with E-state index >= 15 is 0 Å². The standard InChI is InChI=1S/C29H42.C6H14O2.BH3O3/c1-3-5-7-9-11-17-23-29(24-18-12-10-8-6-4-2)27-21-15-13-19-25(27)26-20-14-16-22-28(26)29;1-5(2,7)6(3,4)8;2-1(3)4/h13-16,19-22H,3-12,17-18,23-24H2,1-2H3;7-8H,1-4H3;2-4H. The Bertz CT molecular complexity index is 883. The van der Waals surface area contributed by atoms with Crippen LogP contribution in [0.15, 0.2) is 48.5 Å². The molecule has 2 aromatic rings. The number of fused-ring (bicyclic) bond motifs is 3. The number of benzene rings is 2. The van der Waals surface area contributed by atoms with Crippen molar-refractivity contribution in [2.24, 2.45) is 0 Å². The van der Waals surface area contributed by atoms with Crippen LogP contribution in [0, 0.1) is 0 Å². The first kappa shape index (κ1) is 37.3. The molecule has 0 aromatic heterocycles. The first-order valence-corrected chi connectivity index (χ1v) is 16.0. The van der Waals surface area contributed by atoms with Gasteiger partial charge >= 0.3 is 7.32 Å². The molecule has 0 atom stereocenters. The lowest BCUT2D eigenvalue weighted by Crippen LogP contribution is -2.44. The second kappa shape index (κ2) is 18.8. The lowest BCUT2D eigenvalue weighted by molar-refractivity contribution is -0.107. The Morgan fingerprint density at radius 3 is 1.15 bits per heavy atom. The van der Waals surface area contributed by atoms with E-state index in [1.807, 2.05) is 0 Å². The minimum absolute atomic E-state index is 0.253. The topological polar surface area (TPSA) is 101 Å². The van der Waals surface area contributed by atoms with Crippen LogP contribution in [0.1, 0.15) is 143 Å². The van der Waals surface area contributed by atoms with Crippen molar-refractivity contribution in [3.63, 3.8) is 0 Å². The molecule has 0 heterocycles. The van der Waals surface area contributed by atoms with Gasteiger partial charge < -0.3 is 25.3 Å². The van der Waals surface area contributed by atoms with Gasteiger partial charge in [-0.2, -0.15) is 0 Å². The molecule has 0 unspecified atom stereocenters. The van der Waals surface area contributed by atoms with E-state index in [1.165, 1.54) is 101 Å². The molecule has 3 rings (SSSR count). The number of unbranched alkanes of at least 4 members (excludes halogenated alkanes) is 10. The van der Waals surface area contributed by atoms with Gasteiger partial charge in [-0.25, -0.2) is 0 Å². The van der Waals surface area contributed by atoms with Crippen LogP contribution in [0.3, 0.4) is 0 Å². The van der Waals surface area contributed by atoms with Gasteiger partial charge in [-0.05, 0) is 62.8 Å².